The van der Waals surface area contributed by atoms with Crippen molar-refractivity contribution >= 4 is 0 Å². The summed E-state index contributed by atoms with van der Waals surface area (Å²) in [5, 5.41) is 4.57. The van der Waals surface area contributed by atoms with Crippen molar-refractivity contribution in [2.75, 3.05) is 0 Å². The second-order valence-corrected chi connectivity index (χ2v) is 5.12. The maximum Gasteiger partial charge on any atom is 0.108 e. The Morgan fingerprint density at radius 3 is 2.67 bits per heavy atom. The fourth-order valence-corrected chi connectivity index (χ4v) is 2.33. The molecule has 2 N–H and O–H groups in total. The lowest BCUT2D eigenvalue weighted by Crippen LogP contribution is -2.13. The molecular formula is C16H19N5. The molecule has 5 nitrogen and oxygen atoms in total. The summed E-state index contributed by atoms with van der Waals surface area (Å²) in [5.74, 6) is 1.05. The largest absolute Gasteiger partial charge is 0.338 e. The molecule has 0 fully saturated rings. The van der Waals surface area contributed by atoms with Gasteiger partial charge in [0.1, 0.15) is 5.82 Å². The van der Waals surface area contributed by atoms with Gasteiger partial charge in [0.15, 0.2) is 0 Å². The van der Waals surface area contributed by atoms with E-state index in [1.165, 1.54) is 0 Å². The summed E-state index contributed by atoms with van der Waals surface area (Å²) in [6.07, 6.45) is 7.39. The van der Waals surface area contributed by atoms with Crippen molar-refractivity contribution in [3.8, 4) is 5.69 Å². The van der Waals surface area contributed by atoms with Crippen LogP contribution in [0.1, 0.15) is 24.0 Å². The number of hydrogen-bond donors (Lipinski definition) is 1. The Labute approximate surface area is 124 Å². The molecule has 108 valence electrons. The lowest BCUT2D eigenvalue weighted by molar-refractivity contribution is 0.600. The van der Waals surface area contributed by atoms with Crippen molar-refractivity contribution < 1.29 is 0 Å². The Morgan fingerprint density at radius 1 is 1.14 bits per heavy atom. The molecule has 0 radical (unpaired) electrons. The number of nitrogens with zero attached hydrogens (tertiary/aromatic N) is 4. The average Bonchev–Trinajstić information content (AvgIpc) is 3.15. The smallest absolute Gasteiger partial charge is 0.108 e. The third-order valence-corrected chi connectivity index (χ3v) is 3.61. The molecule has 5 heteroatoms. The molecule has 0 bridgehead atoms. The molecule has 3 aromatic rings. The van der Waals surface area contributed by atoms with Gasteiger partial charge in [-0.1, -0.05) is 18.2 Å². The lowest BCUT2D eigenvalue weighted by atomic mass is 10.1. The van der Waals surface area contributed by atoms with Gasteiger partial charge in [-0.05, 0) is 24.6 Å². The van der Waals surface area contributed by atoms with Crippen LogP contribution in [0.25, 0.3) is 5.69 Å². The summed E-state index contributed by atoms with van der Waals surface area (Å²) in [5.41, 5.74) is 8.19. The highest BCUT2D eigenvalue weighted by Crippen LogP contribution is 2.16. The number of hydrogen-bond acceptors (Lipinski definition) is 3. The fourth-order valence-electron chi connectivity index (χ4n) is 2.33. The van der Waals surface area contributed by atoms with Crippen molar-refractivity contribution in [2.45, 2.75) is 18.9 Å². The molecule has 1 atom stereocenters. The van der Waals surface area contributed by atoms with Crippen LogP contribution in [-0.2, 0) is 13.5 Å². The topological polar surface area (TPSA) is 61.7 Å². The molecule has 2 heterocycles. The summed E-state index contributed by atoms with van der Waals surface area (Å²) >= 11 is 0. The zero-order valence-electron chi connectivity index (χ0n) is 12.1. The minimum atomic E-state index is -0.0772. The molecule has 0 aliphatic rings. The predicted octanol–water partition coefficient (Wildman–Crippen LogP) is 2.24. The highest BCUT2D eigenvalue weighted by atomic mass is 15.3. The Kier molecular flexibility index (Phi) is 3.83. The van der Waals surface area contributed by atoms with E-state index in [4.69, 9.17) is 5.73 Å². The lowest BCUT2D eigenvalue weighted by Gasteiger charge is -2.08. The molecule has 0 saturated heterocycles. The van der Waals surface area contributed by atoms with E-state index < -0.39 is 0 Å². The first-order valence-corrected chi connectivity index (χ1v) is 7.07. The van der Waals surface area contributed by atoms with Crippen LogP contribution < -0.4 is 5.73 Å². The van der Waals surface area contributed by atoms with E-state index in [1.807, 2.05) is 71.3 Å². The molecule has 2 aromatic heterocycles. The SMILES string of the molecule is Cn1ccnc1CCC(N)c1ccn(-c2ccccc2)n1. The van der Waals surface area contributed by atoms with E-state index >= 15 is 0 Å². The molecule has 3 rings (SSSR count). The van der Waals surface area contributed by atoms with Crippen LogP contribution in [0.15, 0.2) is 55.0 Å². The van der Waals surface area contributed by atoms with Crippen molar-refractivity contribution in [3.63, 3.8) is 0 Å². The molecule has 0 aliphatic carbocycles. The first-order valence-electron chi connectivity index (χ1n) is 7.07. The Morgan fingerprint density at radius 2 is 1.95 bits per heavy atom. The van der Waals surface area contributed by atoms with E-state index in [-0.39, 0.29) is 6.04 Å². The molecule has 0 saturated carbocycles. The summed E-state index contributed by atoms with van der Waals surface area (Å²) in [6, 6.07) is 11.9. The second-order valence-electron chi connectivity index (χ2n) is 5.12. The molecule has 1 aromatic carbocycles. The molecular weight excluding hydrogens is 262 g/mol. The fraction of sp³-hybridized carbons (Fsp3) is 0.250. The molecule has 21 heavy (non-hydrogen) atoms. The Balaban J connectivity index is 1.67. The van der Waals surface area contributed by atoms with E-state index in [2.05, 4.69) is 10.1 Å². The van der Waals surface area contributed by atoms with Gasteiger partial charge < -0.3 is 10.3 Å². The summed E-state index contributed by atoms with van der Waals surface area (Å²) in [7, 11) is 2.00. The minimum absolute atomic E-state index is 0.0772. The molecule has 0 spiro atoms. The average molecular weight is 281 g/mol. The summed E-state index contributed by atoms with van der Waals surface area (Å²) in [4.78, 5) is 4.32. The van der Waals surface area contributed by atoms with Crippen molar-refractivity contribution in [2.24, 2.45) is 12.8 Å². The summed E-state index contributed by atoms with van der Waals surface area (Å²) in [6.45, 7) is 0. The number of para-hydroxylation sites is 1. The van der Waals surface area contributed by atoms with Crippen LogP contribution in [0, 0.1) is 0 Å². The maximum atomic E-state index is 6.24. The van der Waals surface area contributed by atoms with Gasteiger partial charge >= 0.3 is 0 Å². The van der Waals surface area contributed by atoms with Crippen LogP contribution in [0.4, 0.5) is 0 Å². The van der Waals surface area contributed by atoms with Gasteiger partial charge in [-0.3, -0.25) is 0 Å². The number of imidazole rings is 1. The number of rotatable bonds is 5. The van der Waals surface area contributed by atoms with Gasteiger partial charge in [-0.25, -0.2) is 9.67 Å². The standard InChI is InChI=1S/C16H19N5/c1-20-12-10-18-16(20)8-7-14(17)15-9-11-21(19-15)13-5-3-2-4-6-13/h2-6,9-12,14H,7-8,17H2,1H3. The monoisotopic (exact) mass is 281 g/mol. The van der Waals surface area contributed by atoms with E-state index in [0.717, 1.165) is 30.0 Å². The Hall–Kier alpha value is -2.40. The second kappa shape index (κ2) is 5.93. The number of aromatic nitrogens is 4. The van der Waals surface area contributed by atoms with Crippen LogP contribution in [-0.4, -0.2) is 19.3 Å². The predicted molar refractivity (Wildman–Crippen MR) is 82.0 cm³/mol. The van der Waals surface area contributed by atoms with Crippen molar-refractivity contribution in [1.82, 2.24) is 19.3 Å². The van der Waals surface area contributed by atoms with Gasteiger partial charge in [0.2, 0.25) is 0 Å². The van der Waals surface area contributed by atoms with Crippen molar-refractivity contribution in [1.29, 1.82) is 0 Å². The third-order valence-electron chi connectivity index (χ3n) is 3.61. The zero-order valence-corrected chi connectivity index (χ0v) is 12.1. The Bertz CT molecular complexity index is 698. The third kappa shape index (κ3) is 3.03. The van der Waals surface area contributed by atoms with Crippen LogP contribution in [0.3, 0.4) is 0 Å². The number of benzene rings is 1. The van der Waals surface area contributed by atoms with E-state index in [9.17, 15) is 0 Å². The quantitative estimate of drug-likeness (QED) is 0.780. The minimum Gasteiger partial charge on any atom is -0.338 e. The van der Waals surface area contributed by atoms with Gasteiger partial charge in [0.05, 0.1) is 11.4 Å². The first kappa shape index (κ1) is 13.6. The maximum absolute atomic E-state index is 6.24. The number of aryl methyl sites for hydroxylation is 2. The normalized spacial score (nSPS) is 12.5. The van der Waals surface area contributed by atoms with Gasteiger partial charge in [0.25, 0.3) is 0 Å². The summed E-state index contributed by atoms with van der Waals surface area (Å²) < 4.78 is 3.88. The molecule has 0 aliphatic heterocycles. The molecule has 0 amide bonds. The first-order chi connectivity index (χ1) is 10.2. The zero-order chi connectivity index (χ0) is 14.7. The van der Waals surface area contributed by atoms with E-state index in [0.29, 0.717) is 0 Å². The highest BCUT2D eigenvalue weighted by Gasteiger charge is 2.11. The number of nitrogens with two attached hydrogens (primary N) is 1. The van der Waals surface area contributed by atoms with Crippen LogP contribution in [0.2, 0.25) is 0 Å². The van der Waals surface area contributed by atoms with Gasteiger partial charge in [0, 0.05) is 38.1 Å². The van der Waals surface area contributed by atoms with Gasteiger partial charge in [-0.15, -0.1) is 0 Å². The van der Waals surface area contributed by atoms with Gasteiger partial charge in [-0.2, -0.15) is 5.10 Å². The van der Waals surface area contributed by atoms with E-state index in [1.54, 1.807) is 0 Å². The highest BCUT2D eigenvalue weighted by molar-refractivity contribution is 5.30. The van der Waals surface area contributed by atoms with Crippen LogP contribution >= 0.6 is 0 Å². The van der Waals surface area contributed by atoms with Crippen LogP contribution in [0.5, 0.6) is 0 Å². The molecule has 1 unspecified atom stereocenters. The van der Waals surface area contributed by atoms with Crippen molar-refractivity contribution in [3.05, 3.63) is 66.5 Å².